The van der Waals surface area contributed by atoms with Gasteiger partial charge in [0.15, 0.2) is 5.82 Å². The summed E-state index contributed by atoms with van der Waals surface area (Å²) in [6.07, 6.45) is 0. The number of carbonyl (C=O) groups is 1. The van der Waals surface area contributed by atoms with Gasteiger partial charge in [-0.05, 0) is 44.2 Å². The molecule has 4 rings (SSSR count). The number of anilines is 1. The van der Waals surface area contributed by atoms with Gasteiger partial charge in [-0.3, -0.25) is 4.79 Å². The fraction of sp³-hybridized carbons (Fsp3) is 0.0870. The second kappa shape index (κ2) is 7.67. The number of hydrogen-bond donors (Lipinski definition) is 1. The number of aryl methyl sites for hydroxylation is 2. The molecule has 29 heavy (non-hydrogen) atoms. The first-order chi connectivity index (χ1) is 14.0. The number of aromatic nitrogens is 3. The summed E-state index contributed by atoms with van der Waals surface area (Å²) in [4.78, 5) is 17.2. The maximum absolute atomic E-state index is 13.9. The van der Waals surface area contributed by atoms with Crippen LogP contribution < -0.4 is 5.32 Å². The van der Waals surface area contributed by atoms with Crippen LogP contribution in [0.5, 0.6) is 0 Å². The molecule has 144 valence electrons. The highest BCUT2D eigenvalue weighted by Gasteiger charge is 2.20. The highest BCUT2D eigenvalue weighted by molar-refractivity contribution is 6.01. The Morgan fingerprint density at radius 3 is 2.41 bits per heavy atom. The molecule has 3 aromatic carbocycles. The van der Waals surface area contributed by atoms with Crippen molar-refractivity contribution in [3.05, 3.63) is 95.6 Å². The predicted octanol–water partition coefficient (Wildman–Crippen LogP) is 4.94. The van der Waals surface area contributed by atoms with Gasteiger partial charge in [0.25, 0.3) is 5.91 Å². The van der Waals surface area contributed by atoms with Gasteiger partial charge < -0.3 is 5.32 Å². The monoisotopic (exact) mass is 386 g/mol. The van der Waals surface area contributed by atoms with Crippen molar-refractivity contribution in [2.75, 3.05) is 5.32 Å². The largest absolute Gasteiger partial charge is 0.317 e. The Labute approximate surface area is 167 Å². The van der Waals surface area contributed by atoms with Gasteiger partial charge in [-0.15, -0.1) is 5.10 Å². The molecular formula is C23H19FN4O. The fourth-order valence-corrected chi connectivity index (χ4v) is 2.99. The van der Waals surface area contributed by atoms with Crippen molar-refractivity contribution in [2.45, 2.75) is 13.8 Å². The topological polar surface area (TPSA) is 59.8 Å². The van der Waals surface area contributed by atoms with Crippen LogP contribution in [-0.4, -0.2) is 20.7 Å². The lowest BCUT2D eigenvalue weighted by Crippen LogP contribution is -2.15. The first kappa shape index (κ1) is 18.6. The van der Waals surface area contributed by atoms with E-state index in [0.717, 1.165) is 22.4 Å². The molecule has 4 aromatic rings. The van der Waals surface area contributed by atoms with Gasteiger partial charge in [-0.1, -0.05) is 53.6 Å². The van der Waals surface area contributed by atoms with E-state index in [1.54, 1.807) is 16.8 Å². The van der Waals surface area contributed by atoms with Crippen LogP contribution in [0.4, 0.5) is 10.1 Å². The van der Waals surface area contributed by atoms with E-state index >= 15 is 0 Å². The first-order valence-corrected chi connectivity index (χ1v) is 9.18. The molecule has 1 heterocycles. The van der Waals surface area contributed by atoms with Gasteiger partial charge in [-0.2, -0.15) is 0 Å². The molecule has 0 aliphatic rings. The van der Waals surface area contributed by atoms with Crippen molar-refractivity contribution in [1.82, 2.24) is 14.8 Å². The number of hydrogen-bond acceptors (Lipinski definition) is 3. The van der Waals surface area contributed by atoms with E-state index in [-0.39, 0.29) is 11.5 Å². The first-order valence-electron chi connectivity index (χ1n) is 9.18. The lowest BCUT2D eigenvalue weighted by Gasteiger charge is -2.07. The second-order valence-corrected chi connectivity index (χ2v) is 6.81. The van der Waals surface area contributed by atoms with E-state index in [0.29, 0.717) is 5.82 Å². The Morgan fingerprint density at radius 2 is 1.69 bits per heavy atom. The third-order valence-corrected chi connectivity index (χ3v) is 4.49. The van der Waals surface area contributed by atoms with Crippen LogP contribution in [-0.2, 0) is 0 Å². The molecule has 0 radical (unpaired) electrons. The standard InChI is InChI=1S/C23H19FN4O/c1-15-10-12-18(13-11-15)28-22(17-7-5-6-16(2)14-17)26-21(27-28)23(29)25-20-9-4-3-8-19(20)24/h3-14H,1-2H3,(H,25,29). The van der Waals surface area contributed by atoms with E-state index in [1.807, 2.05) is 62.4 Å². The lowest BCUT2D eigenvalue weighted by atomic mass is 10.1. The quantitative estimate of drug-likeness (QED) is 0.540. The van der Waals surface area contributed by atoms with Crippen molar-refractivity contribution in [1.29, 1.82) is 0 Å². The number of nitrogens with one attached hydrogen (secondary N) is 1. The number of benzene rings is 3. The minimum atomic E-state index is -0.574. The van der Waals surface area contributed by atoms with Gasteiger partial charge in [0, 0.05) is 5.56 Å². The third-order valence-electron chi connectivity index (χ3n) is 4.49. The van der Waals surface area contributed by atoms with Crippen LogP contribution in [0.15, 0.2) is 72.8 Å². The second-order valence-electron chi connectivity index (χ2n) is 6.81. The summed E-state index contributed by atoms with van der Waals surface area (Å²) >= 11 is 0. The highest BCUT2D eigenvalue weighted by Crippen LogP contribution is 2.23. The molecule has 0 spiro atoms. The van der Waals surface area contributed by atoms with Crippen molar-refractivity contribution in [3.8, 4) is 17.1 Å². The molecular weight excluding hydrogens is 367 g/mol. The zero-order chi connectivity index (χ0) is 20.4. The molecule has 0 unspecified atom stereocenters. The Morgan fingerprint density at radius 1 is 0.931 bits per heavy atom. The van der Waals surface area contributed by atoms with Crippen molar-refractivity contribution in [3.63, 3.8) is 0 Å². The summed E-state index contributed by atoms with van der Waals surface area (Å²) in [5.74, 6) is -0.589. The molecule has 0 saturated carbocycles. The minimum Gasteiger partial charge on any atom is -0.317 e. The summed E-state index contributed by atoms with van der Waals surface area (Å²) in [6.45, 7) is 3.99. The summed E-state index contributed by atoms with van der Waals surface area (Å²) < 4.78 is 15.5. The molecule has 0 bridgehead atoms. The molecule has 1 aromatic heterocycles. The Balaban J connectivity index is 1.78. The van der Waals surface area contributed by atoms with Crippen LogP contribution in [0, 0.1) is 19.7 Å². The SMILES string of the molecule is Cc1ccc(-n2nc(C(=O)Nc3ccccc3F)nc2-c2cccc(C)c2)cc1. The normalized spacial score (nSPS) is 10.7. The van der Waals surface area contributed by atoms with Gasteiger partial charge in [0.05, 0.1) is 11.4 Å². The third kappa shape index (κ3) is 3.91. The van der Waals surface area contributed by atoms with Gasteiger partial charge in [0.2, 0.25) is 5.82 Å². The zero-order valence-corrected chi connectivity index (χ0v) is 16.1. The van der Waals surface area contributed by atoms with Crippen molar-refractivity contribution < 1.29 is 9.18 Å². The molecule has 0 aliphatic heterocycles. The molecule has 6 heteroatoms. The maximum atomic E-state index is 13.9. The van der Waals surface area contributed by atoms with E-state index in [9.17, 15) is 9.18 Å². The summed E-state index contributed by atoms with van der Waals surface area (Å²) in [6, 6.07) is 21.6. The Hall–Kier alpha value is -3.80. The Kier molecular flexibility index (Phi) is 4.91. The molecule has 1 amide bonds. The van der Waals surface area contributed by atoms with Crippen LogP contribution in [0.2, 0.25) is 0 Å². The average Bonchev–Trinajstić information content (AvgIpc) is 3.16. The Bertz CT molecular complexity index is 1180. The number of carbonyl (C=O) groups excluding carboxylic acids is 1. The van der Waals surface area contributed by atoms with Crippen LogP contribution in [0.3, 0.4) is 0 Å². The number of amides is 1. The molecule has 5 nitrogen and oxygen atoms in total. The predicted molar refractivity (Wildman–Crippen MR) is 111 cm³/mol. The zero-order valence-electron chi connectivity index (χ0n) is 16.1. The highest BCUT2D eigenvalue weighted by atomic mass is 19.1. The van der Waals surface area contributed by atoms with Crippen LogP contribution >= 0.6 is 0 Å². The van der Waals surface area contributed by atoms with E-state index in [4.69, 9.17) is 0 Å². The van der Waals surface area contributed by atoms with Crippen molar-refractivity contribution >= 4 is 11.6 Å². The number of halogens is 1. The van der Waals surface area contributed by atoms with Crippen LogP contribution in [0.25, 0.3) is 17.1 Å². The lowest BCUT2D eigenvalue weighted by molar-refractivity contribution is 0.101. The smallest absolute Gasteiger partial charge is 0.295 e. The average molecular weight is 386 g/mol. The summed E-state index contributed by atoms with van der Waals surface area (Å²) in [5, 5.41) is 6.95. The summed E-state index contributed by atoms with van der Waals surface area (Å²) in [7, 11) is 0. The molecule has 0 saturated heterocycles. The van der Waals surface area contributed by atoms with Crippen molar-refractivity contribution in [2.24, 2.45) is 0 Å². The van der Waals surface area contributed by atoms with Gasteiger partial charge in [0.1, 0.15) is 5.82 Å². The molecule has 0 atom stereocenters. The summed E-state index contributed by atoms with van der Waals surface area (Å²) in [5.41, 5.74) is 3.88. The maximum Gasteiger partial charge on any atom is 0.295 e. The fourth-order valence-electron chi connectivity index (χ4n) is 2.99. The number of rotatable bonds is 4. The number of para-hydroxylation sites is 1. The minimum absolute atomic E-state index is 0.0367. The molecule has 0 fully saturated rings. The van der Waals surface area contributed by atoms with E-state index in [2.05, 4.69) is 15.4 Å². The van der Waals surface area contributed by atoms with E-state index < -0.39 is 11.7 Å². The van der Waals surface area contributed by atoms with Gasteiger partial charge in [-0.25, -0.2) is 14.1 Å². The van der Waals surface area contributed by atoms with E-state index in [1.165, 1.54) is 12.1 Å². The molecule has 1 N–H and O–H groups in total. The van der Waals surface area contributed by atoms with Gasteiger partial charge >= 0.3 is 0 Å². The molecule has 0 aliphatic carbocycles. The number of nitrogens with zero attached hydrogens (tertiary/aromatic N) is 3. The van der Waals surface area contributed by atoms with Crippen LogP contribution in [0.1, 0.15) is 21.7 Å².